The second kappa shape index (κ2) is 20.8. The van der Waals surface area contributed by atoms with Gasteiger partial charge >= 0.3 is 17.9 Å². The summed E-state index contributed by atoms with van der Waals surface area (Å²) >= 11 is 0. The largest absolute Gasteiger partial charge is 0.481 e. The van der Waals surface area contributed by atoms with Crippen LogP contribution in [0.25, 0.3) is 0 Å². The minimum absolute atomic E-state index is 0.0113. The van der Waals surface area contributed by atoms with E-state index >= 15 is 0 Å². The van der Waals surface area contributed by atoms with Crippen molar-refractivity contribution in [3.05, 3.63) is 12.2 Å². The average Bonchev–Trinajstić information content (AvgIpc) is 3.52. The molecule has 0 aromatic heterocycles. The topological polar surface area (TPSA) is 397 Å². The summed E-state index contributed by atoms with van der Waals surface area (Å²) in [5, 5.41) is 137. The molecule has 13 N–H and O–H groups in total. The third kappa shape index (κ3) is 9.81. The van der Waals surface area contributed by atoms with Crippen molar-refractivity contribution in [1.29, 1.82) is 0 Å². The van der Waals surface area contributed by atoms with Crippen molar-refractivity contribution >= 4 is 17.9 Å². The lowest BCUT2D eigenvalue weighted by Gasteiger charge is -2.64. The van der Waals surface area contributed by atoms with Crippen LogP contribution in [0.4, 0.5) is 0 Å². The molecule has 4 saturated heterocycles. The summed E-state index contributed by atoms with van der Waals surface area (Å²) in [4.78, 5) is 37.3. The Kier molecular flexibility index (Phi) is 16.0. The zero-order chi connectivity index (χ0) is 51.7. The molecule has 0 aromatic rings. The molecule has 8 aliphatic rings. The molecule has 404 valence electrons. The molecule has 2 bridgehead atoms. The van der Waals surface area contributed by atoms with Crippen LogP contribution in [-0.2, 0) is 57.0 Å². The maximum absolute atomic E-state index is 14.5. The SMILES string of the molecule is C=C1C[C@@]23CC[C@H]4[C@@](C)(CCC[C@@]4(C)C(=O)O[C@@H]4OC(COC(=O)CC(=O)O)[C@@H](O)C(O)C4O)[C@@H]2CC[C@]1(O[C@@H]1OC(CO)[C@@H](O)C(O[C@@H]2OC(CO)[C@@H](O)C(O)C2O)C1O[C@@H]1OC[C@@H](O)C(O)C1O)C3. The number of rotatable bonds is 14. The molecule has 25 heteroatoms. The third-order valence-corrected chi connectivity index (χ3v) is 17.2. The molecule has 4 saturated carbocycles. The lowest BCUT2D eigenvalue weighted by molar-refractivity contribution is -0.395. The first-order chi connectivity index (χ1) is 33.4. The lowest BCUT2D eigenvalue weighted by atomic mass is 9.41. The Bertz CT molecular complexity index is 1940. The smallest absolute Gasteiger partial charge is 0.317 e. The number of carbonyl (C=O) groups is 3. The highest BCUT2D eigenvalue weighted by atomic mass is 16.8. The highest BCUT2D eigenvalue weighted by molar-refractivity contribution is 5.90. The van der Waals surface area contributed by atoms with E-state index in [4.69, 9.17) is 47.7 Å². The van der Waals surface area contributed by atoms with Crippen LogP contribution < -0.4 is 0 Å². The van der Waals surface area contributed by atoms with Crippen molar-refractivity contribution in [3.8, 4) is 0 Å². The Hall–Kier alpha value is -2.61. The number of carboxylic acids is 1. The summed E-state index contributed by atoms with van der Waals surface area (Å²) in [5.74, 6) is -3.57. The number of esters is 2. The van der Waals surface area contributed by atoms with Gasteiger partial charge in [0.2, 0.25) is 6.29 Å². The quantitative estimate of drug-likeness (QED) is 0.0338. The van der Waals surface area contributed by atoms with Crippen LogP contribution in [0.3, 0.4) is 0 Å². The molecule has 71 heavy (non-hydrogen) atoms. The average molecular weight is 1020 g/mol. The predicted molar refractivity (Wildman–Crippen MR) is 229 cm³/mol. The van der Waals surface area contributed by atoms with Crippen molar-refractivity contribution in [2.45, 2.75) is 200 Å². The molecule has 25 nitrogen and oxygen atoms in total. The Labute approximate surface area is 407 Å². The molecule has 0 amide bonds. The van der Waals surface area contributed by atoms with Crippen LogP contribution in [0.5, 0.6) is 0 Å². The van der Waals surface area contributed by atoms with Gasteiger partial charge in [-0.1, -0.05) is 19.9 Å². The Balaban J connectivity index is 1.02. The number of aliphatic carboxylic acids is 1. The Morgan fingerprint density at radius 1 is 0.662 bits per heavy atom. The maximum Gasteiger partial charge on any atom is 0.317 e. The van der Waals surface area contributed by atoms with Gasteiger partial charge in [0.1, 0.15) is 105 Å². The van der Waals surface area contributed by atoms with E-state index in [1.807, 2.05) is 0 Å². The van der Waals surface area contributed by atoms with E-state index in [-0.39, 0.29) is 11.8 Å². The van der Waals surface area contributed by atoms with Crippen LogP contribution in [0.2, 0.25) is 0 Å². The molecule has 25 atom stereocenters. The molecule has 8 rings (SSSR count). The summed E-state index contributed by atoms with van der Waals surface area (Å²) in [7, 11) is 0. The van der Waals surface area contributed by atoms with Gasteiger partial charge < -0.3 is 109 Å². The van der Waals surface area contributed by atoms with Gasteiger partial charge in [-0.15, -0.1) is 0 Å². The van der Waals surface area contributed by atoms with Gasteiger partial charge in [0.25, 0.3) is 0 Å². The summed E-state index contributed by atoms with van der Waals surface area (Å²) in [6, 6.07) is 0. The first-order valence-electron chi connectivity index (χ1n) is 24.3. The Morgan fingerprint density at radius 3 is 1.93 bits per heavy atom. The zero-order valence-corrected chi connectivity index (χ0v) is 39.4. The molecular weight excluding hydrogens is 952 g/mol. The van der Waals surface area contributed by atoms with E-state index in [1.165, 1.54) is 0 Å². The van der Waals surface area contributed by atoms with Gasteiger partial charge in [0, 0.05) is 0 Å². The van der Waals surface area contributed by atoms with Gasteiger partial charge in [-0.25, -0.2) is 0 Å². The molecule has 8 fully saturated rings. The fourth-order valence-electron chi connectivity index (χ4n) is 13.5. The van der Waals surface area contributed by atoms with Crippen molar-refractivity contribution in [3.63, 3.8) is 0 Å². The van der Waals surface area contributed by atoms with Gasteiger partial charge in [-0.05, 0) is 86.5 Å². The summed E-state index contributed by atoms with van der Waals surface area (Å²) in [5.41, 5.74) is -2.49. The molecular formula is C46H70O25. The fraction of sp³-hybridized carbons (Fsp3) is 0.891. The van der Waals surface area contributed by atoms with E-state index in [0.717, 1.165) is 6.42 Å². The lowest BCUT2D eigenvalue weighted by Crippen LogP contribution is -2.67. The zero-order valence-electron chi connectivity index (χ0n) is 39.4. The number of carbonyl (C=O) groups excluding carboxylic acids is 2. The molecule has 4 aliphatic carbocycles. The van der Waals surface area contributed by atoms with Crippen LogP contribution in [-0.4, -0.2) is 233 Å². The number of aliphatic hydroxyl groups excluding tert-OH is 12. The number of ether oxygens (including phenoxy) is 9. The van der Waals surface area contributed by atoms with Crippen molar-refractivity contribution in [2.75, 3.05) is 26.4 Å². The number of aliphatic hydroxyl groups is 12. The molecule has 0 aromatic carbocycles. The van der Waals surface area contributed by atoms with Gasteiger partial charge in [0.05, 0.1) is 30.8 Å². The molecule has 4 heterocycles. The fourth-order valence-corrected chi connectivity index (χ4v) is 13.5. The highest BCUT2D eigenvalue weighted by Gasteiger charge is 2.70. The van der Waals surface area contributed by atoms with E-state index in [0.29, 0.717) is 56.9 Å². The second-order valence-electron chi connectivity index (χ2n) is 21.4. The van der Waals surface area contributed by atoms with Crippen LogP contribution in [0, 0.1) is 28.1 Å². The maximum atomic E-state index is 14.5. The van der Waals surface area contributed by atoms with E-state index in [2.05, 4.69) is 13.5 Å². The molecule has 11 unspecified atom stereocenters. The van der Waals surface area contributed by atoms with E-state index < -0.39 is 189 Å². The molecule has 1 spiro atoms. The van der Waals surface area contributed by atoms with Crippen molar-refractivity contribution in [2.24, 2.45) is 28.1 Å². The van der Waals surface area contributed by atoms with Crippen molar-refractivity contribution in [1.82, 2.24) is 0 Å². The van der Waals surface area contributed by atoms with Crippen LogP contribution >= 0.6 is 0 Å². The summed E-state index contributed by atoms with van der Waals surface area (Å²) < 4.78 is 53.1. The standard InChI is InChI=1S/C46H70O25/c1-18-12-45-9-5-23-43(2,7-4-8-44(23,3)42(62)70-40-35(61)32(58)29(55)22(67-40)16-63-26(52)11-25(50)51)24(45)6-10-46(18,17-45)71-41-37(69-38-33(59)27(53)19(49)15-64-38)36(30(56)21(14-48)66-41)68-39-34(60)31(57)28(54)20(13-47)65-39/h19-24,27-41,47-49,53-61H,1,4-17H2,2-3H3,(H,50,51)/t19-,20?,21?,22?,23+,24+,27?,28-,29-,30-,31?,32?,33?,34?,35?,36?,37?,38+,39+,40+,41+,43-,44-,45-,46+/m1/s1. The van der Waals surface area contributed by atoms with Gasteiger partial charge in [0.15, 0.2) is 18.9 Å². The number of carboxylic acid groups (broad SMARTS) is 1. The van der Waals surface area contributed by atoms with Crippen LogP contribution in [0.1, 0.15) is 78.1 Å². The van der Waals surface area contributed by atoms with Crippen LogP contribution in [0.15, 0.2) is 12.2 Å². The second-order valence-corrected chi connectivity index (χ2v) is 21.4. The predicted octanol–water partition coefficient (Wildman–Crippen LogP) is -4.45. The minimum Gasteiger partial charge on any atom is -0.481 e. The normalized spacial score (nSPS) is 50.9. The minimum atomic E-state index is -1.94. The number of fused-ring (bicyclic) bond motifs is 3. The number of hydrogen-bond donors (Lipinski definition) is 13. The van der Waals surface area contributed by atoms with Crippen molar-refractivity contribution < 1.29 is 123 Å². The summed E-state index contributed by atoms with van der Waals surface area (Å²) in [6.07, 6.45) is -28.8. The first kappa shape index (κ1) is 54.6. The first-order valence-corrected chi connectivity index (χ1v) is 24.3. The highest BCUT2D eigenvalue weighted by Crippen LogP contribution is 2.74. The Morgan fingerprint density at radius 2 is 1.25 bits per heavy atom. The monoisotopic (exact) mass is 1020 g/mol. The molecule has 0 radical (unpaired) electrons. The van der Waals surface area contributed by atoms with Gasteiger partial charge in [-0.3, -0.25) is 14.4 Å². The van der Waals surface area contributed by atoms with Gasteiger partial charge in [-0.2, -0.15) is 0 Å². The summed E-state index contributed by atoms with van der Waals surface area (Å²) in [6.45, 7) is 5.67. The van der Waals surface area contributed by atoms with E-state index in [1.54, 1.807) is 6.92 Å². The van der Waals surface area contributed by atoms with E-state index in [9.17, 15) is 75.7 Å². The number of hydrogen-bond acceptors (Lipinski definition) is 24. The third-order valence-electron chi connectivity index (χ3n) is 17.2. The molecule has 4 aliphatic heterocycles.